The molecular weight excluding hydrogens is 409 g/mol. The first-order chi connectivity index (χ1) is 13.8. The molecule has 29 heavy (non-hydrogen) atoms. The number of carboxylic acids is 1. The number of carbonyl (C=O) groups is 1. The molecule has 146 valence electrons. The minimum atomic E-state index is -0.996. The lowest BCUT2D eigenvalue weighted by Gasteiger charge is -2.11. The van der Waals surface area contributed by atoms with Crippen molar-refractivity contribution in [3.8, 4) is 11.3 Å². The molecule has 0 atom stereocenters. The first-order valence-electron chi connectivity index (χ1n) is 8.94. The zero-order valence-electron chi connectivity index (χ0n) is 15.8. The molecule has 2 aromatic heterocycles. The molecule has 2 aromatic carbocycles. The van der Waals surface area contributed by atoms with Crippen LogP contribution in [0.2, 0.25) is 10.0 Å². The van der Waals surface area contributed by atoms with Gasteiger partial charge < -0.3 is 9.67 Å². The second-order valence-corrected chi connectivity index (χ2v) is 7.72. The molecule has 7 heteroatoms. The summed E-state index contributed by atoms with van der Waals surface area (Å²) in [6, 6.07) is 12.8. The van der Waals surface area contributed by atoms with Gasteiger partial charge in [0.25, 0.3) is 0 Å². The van der Waals surface area contributed by atoms with E-state index in [1.807, 2.05) is 38.1 Å². The minimum absolute atomic E-state index is 0.157. The lowest BCUT2D eigenvalue weighted by Crippen LogP contribution is -2.03. The normalized spacial score (nSPS) is 11.2. The summed E-state index contributed by atoms with van der Waals surface area (Å²) in [6.45, 7) is 4.53. The van der Waals surface area contributed by atoms with Crippen LogP contribution in [0.15, 0.2) is 48.7 Å². The quantitative estimate of drug-likeness (QED) is 0.450. The van der Waals surface area contributed by atoms with Crippen molar-refractivity contribution in [1.29, 1.82) is 0 Å². The molecule has 0 aliphatic heterocycles. The minimum Gasteiger partial charge on any atom is -0.478 e. The van der Waals surface area contributed by atoms with Crippen molar-refractivity contribution in [1.82, 2.24) is 14.5 Å². The third-order valence-corrected chi connectivity index (χ3v) is 5.47. The van der Waals surface area contributed by atoms with E-state index in [4.69, 9.17) is 33.3 Å². The molecule has 4 rings (SSSR count). The number of halogens is 2. The van der Waals surface area contributed by atoms with Crippen molar-refractivity contribution in [3.63, 3.8) is 0 Å². The number of aromatic nitrogens is 3. The number of imidazole rings is 1. The van der Waals surface area contributed by atoms with E-state index in [1.165, 1.54) is 6.20 Å². The van der Waals surface area contributed by atoms with Crippen LogP contribution in [0.1, 0.15) is 27.3 Å². The summed E-state index contributed by atoms with van der Waals surface area (Å²) in [4.78, 5) is 20.1. The van der Waals surface area contributed by atoms with E-state index in [-0.39, 0.29) is 5.56 Å². The molecule has 0 amide bonds. The molecule has 2 heterocycles. The Morgan fingerprint density at radius 1 is 1.10 bits per heavy atom. The predicted molar refractivity (Wildman–Crippen MR) is 115 cm³/mol. The number of pyridine rings is 1. The standard InChI is InChI=1S/C22H17Cl2N3O2/c1-12-7-16(19-6-4-14(10-25-19)22(28)29)8-20-21(12)26-13(2)27(20)11-15-3-5-17(23)9-18(15)24/h3-10H,11H2,1-2H3,(H,28,29). The van der Waals surface area contributed by atoms with E-state index < -0.39 is 5.97 Å². The first kappa shape index (κ1) is 19.4. The van der Waals surface area contributed by atoms with Gasteiger partial charge in [-0.25, -0.2) is 9.78 Å². The highest BCUT2D eigenvalue weighted by molar-refractivity contribution is 6.35. The Labute approximate surface area is 177 Å². The molecule has 0 unspecified atom stereocenters. The molecule has 0 bridgehead atoms. The number of carboxylic acid groups (broad SMARTS) is 1. The van der Waals surface area contributed by atoms with E-state index in [1.54, 1.807) is 18.2 Å². The van der Waals surface area contributed by atoms with Gasteiger partial charge in [-0.2, -0.15) is 0 Å². The molecular formula is C22H17Cl2N3O2. The number of aryl methyl sites for hydroxylation is 2. The summed E-state index contributed by atoms with van der Waals surface area (Å²) in [7, 11) is 0. The fourth-order valence-corrected chi connectivity index (χ4v) is 3.84. The number of fused-ring (bicyclic) bond motifs is 1. The van der Waals surface area contributed by atoms with Crippen LogP contribution in [-0.2, 0) is 6.54 Å². The van der Waals surface area contributed by atoms with Crippen LogP contribution in [0.25, 0.3) is 22.3 Å². The van der Waals surface area contributed by atoms with Gasteiger partial charge in [-0.05, 0) is 61.4 Å². The average molecular weight is 426 g/mol. The number of rotatable bonds is 4. The maximum absolute atomic E-state index is 11.1. The predicted octanol–water partition coefficient (Wildman–Crippen LogP) is 5.77. The summed E-state index contributed by atoms with van der Waals surface area (Å²) < 4.78 is 2.10. The summed E-state index contributed by atoms with van der Waals surface area (Å²) in [6.07, 6.45) is 1.37. The van der Waals surface area contributed by atoms with E-state index >= 15 is 0 Å². The molecule has 4 aromatic rings. The maximum Gasteiger partial charge on any atom is 0.337 e. The molecule has 0 spiro atoms. The Bertz CT molecular complexity index is 1250. The smallest absolute Gasteiger partial charge is 0.337 e. The van der Waals surface area contributed by atoms with E-state index in [0.29, 0.717) is 22.3 Å². The Balaban J connectivity index is 1.81. The zero-order valence-corrected chi connectivity index (χ0v) is 17.3. The number of benzene rings is 2. The zero-order chi connectivity index (χ0) is 20.7. The molecule has 1 N–H and O–H groups in total. The largest absolute Gasteiger partial charge is 0.478 e. The first-order valence-corrected chi connectivity index (χ1v) is 9.70. The Morgan fingerprint density at radius 3 is 2.55 bits per heavy atom. The second-order valence-electron chi connectivity index (χ2n) is 6.88. The van der Waals surface area contributed by atoms with Gasteiger partial charge in [-0.1, -0.05) is 29.3 Å². The van der Waals surface area contributed by atoms with E-state index in [2.05, 4.69) is 9.55 Å². The lowest BCUT2D eigenvalue weighted by atomic mass is 10.1. The van der Waals surface area contributed by atoms with Crippen molar-refractivity contribution < 1.29 is 9.90 Å². The number of aromatic carboxylic acids is 1. The van der Waals surface area contributed by atoms with Gasteiger partial charge in [0.2, 0.25) is 0 Å². The van der Waals surface area contributed by atoms with Gasteiger partial charge in [0.1, 0.15) is 5.82 Å². The number of hydrogen-bond donors (Lipinski definition) is 1. The van der Waals surface area contributed by atoms with E-state index in [9.17, 15) is 4.79 Å². The van der Waals surface area contributed by atoms with Crippen molar-refractivity contribution in [2.75, 3.05) is 0 Å². The van der Waals surface area contributed by atoms with E-state index in [0.717, 1.165) is 33.5 Å². The van der Waals surface area contributed by atoms with Crippen molar-refractivity contribution in [2.24, 2.45) is 0 Å². The fourth-order valence-electron chi connectivity index (χ4n) is 3.37. The third kappa shape index (κ3) is 3.71. The Hall–Kier alpha value is -2.89. The molecule has 0 aliphatic carbocycles. The summed E-state index contributed by atoms with van der Waals surface area (Å²) in [5.74, 6) is -0.121. The van der Waals surface area contributed by atoms with Gasteiger partial charge in [0.05, 0.1) is 28.8 Å². The van der Waals surface area contributed by atoms with Crippen LogP contribution in [0, 0.1) is 13.8 Å². The molecule has 0 fully saturated rings. The number of nitrogens with zero attached hydrogens (tertiary/aromatic N) is 3. The molecule has 0 saturated heterocycles. The second kappa shape index (κ2) is 7.50. The van der Waals surface area contributed by atoms with Gasteiger partial charge in [0.15, 0.2) is 0 Å². The average Bonchev–Trinajstić information content (AvgIpc) is 3.00. The topological polar surface area (TPSA) is 68.0 Å². The SMILES string of the molecule is Cc1cc(-c2ccc(C(=O)O)cn2)cc2c1nc(C)n2Cc1ccc(Cl)cc1Cl. The summed E-state index contributed by atoms with van der Waals surface area (Å²) in [5, 5.41) is 10.3. The molecule has 5 nitrogen and oxygen atoms in total. The molecule has 0 radical (unpaired) electrons. The molecule has 0 saturated carbocycles. The Kier molecular flexibility index (Phi) is 5.03. The summed E-state index contributed by atoms with van der Waals surface area (Å²) >= 11 is 12.4. The fraction of sp³-hybridized carbons (Fsp3) is 0.136. The van der Waals surface area contributed by atoms with Crippen molar-refractivity contribution in [2.45, 2.75) is 20.4 Å². The number of hydrogen-bond acceptors (Lipinski definition) is 3. The van der Waals surface area contributed by atoms with Gasteiger partial charge in [-0.15, -0.1) is 0 Å². The van der Waals surface area contributed by atoms with Gasteiger partial charge in [-0.3, -0.25) is 4.98 Å². The van der Waals surface area contributed by atoms with Crippen LogP contribution >= 0.6 is 23.2 Å². The highest BCUT2D eigenvalue weighted by atomic mass is 35.5. The highest BCUT2D eigenvalue weighted by Crippen LogP contribution is 2.29. The summed E-state index contributed by atoms with van der Waals surface area (Å²) in [5.41, 5.74) is 5.61. The maximum atomic E-state index is 11.1. The van der Waals surface area contributed by atoms with Crippen molar-refractivity contribution >= 4 is 40.2 Å². The Morgan fingerprint density at radius 2 is 1.90 bits per heavy atom. The highest BCUT2D eigenvalue weighted by Gasteiger charge is 2.14. The van der Waals surface area contributed by atoms with Crippen molar-refractivity contribution in [3.05, 3.63) is 81.2 Å². The van der Waals surface area contributed by atoms with Crippen LogP contribution < -0.4 is 0 Å². The van der Waals surface area contributed by atoms with Crippen LogP contribution in [0.5, 0.6) is 0 Å². The molecule has 0 aliphatic rings. The van der Waals surface area contributed by atoms with Gasteiger partial charge in [0, 0.05) is 21.8 Å². The van der Waals surface area contributed by atoms with Crippen LogP contribution in [0.3, 0.4) is 0 Å². The van der Waals surface area contributed by atoms with Crippen LogP contribution in [0.4, 0.5) is 0 Å². The monoisotopic (exact) mass is 425 g/mol. The van der Waals surface area contributed by atoms with Crippen LogP contribution in [-0.4, -0.2) is 25.6 Å². The van der Waals surface area contributed by atoms with Gasteiger partial charge >= 0.3 is 5.97 Å². The third-order valence-electron chi connectivity index (χ3n) is 4.89. The lowest BCUT2D eigenvalue weighted by molar-refractivity contribution is 0.0696.